The van der Waals surface area contributed by atoms with Gasteiger partial charge in [0.1, 0.15) is 16.9 Å². The number of hydrogen-bond donors (Lipinski definition) is 2. The van der Waals surface area contributed by atoms with Gasteiger partial charge in [0.2, 0.25) is 0 Å². The maximum atomic E-state index is 12.5. The van der Waals surface area contributed by atoms with Crippen LogP contribution in [0.15, 0.2) is 6.33 Å². The fourth-order valence-electron chi connectivity index (χ4n) is 5.15. The number of carbonyl (C=O) groups is 2. The SMILES string of the molecule is CC(C)OC(=O)N[C@H]1CC[C@@H](n2cnc3c(N[C@H]4CCN(C(=O)OC(C)(C)C)C4)nc(C4CC4)nc32)C1. The van der Waals surface area contributed by atoms with Crippen LogP contribution in [0.5, 0.6) is 0 Å². The summed E-state index contributed by atoms with van der Waals surface area (Å²) in [6.45, 7) is 10.5. The van der Waals surface area contributed by atoms with E-state index in [1.54, 1.807) is 4.90 Å². The molecule has 0 spiro atoms. The van der Waals surface area contributed by atoms with Gasteiger partial charge in [-0.25, -0.2) is 24.5 Å². The summed E-state index contributed by atoms with van der Waals surface area (Å²) in [5.74, 6) is 1.97. The molecule has 3 atom stereocenters. The molecule has 3 aliphatic rings. The lowest BCUT2D eigenvalue weighted by Crippen LogP contribution is -2.36. The number of anilines is 1. The standard InChI is InChI=1S/C26H39N7O4/c1-15(2)36-24(34)29-17-8-9-19(12-17)33-14-27-20-22(30-21(16-6-7-16)31-23(20)33)28-18-10-11-32(13-18)25(35)37-26(3,4)5/h14-19H,6-13H2,1-5H3,(H,29,34)(H,28,30,31)/t17-,18-,19+/m0/s1. The van der Waals surface area contributed by atoms with E-state index in [4.69, 9.17) is 24.4 Å². The van der Waals surface area contributed by atoms with Crippen LogP contribution in [0.4, 0.5) is 15.4 Å². The van der Waals surface area contributed by atoms with Gasteiger partial charge in [0.25, 0.3) is 0 Å². The van der Waals surface area contributed by atoms with E-state index in [1.165, 1.54) is 0 Å². The number of carbonyl (C=O) groups excluding carboxylic acids is 2. The van der Waals surface area contributed by atoms with E-state index in [1.807, 2.05) is 40.9 Å². The predicted octanol–water partition coefficient (Wildman–Crippen LogP) is 4.35. The summed E-state index contributed by atoms with van der Waals surface area (Å²) in [5, 5.41) is 6.56. The van der Waals surface area contributed by atoms with Crippen LogP contribution >= 0.6 is 0 Å². The molecule has 2 saturated carbocycles. The number of likely N-dealkylation sites (tertiary alicyclic amines) is 1. The largest absolute Gasteiger partial charge is 0.447 e. The molecule has 11 heteroatoms. The maximum Gasteiger partial charge on any atom is 0.410 e. The number of rotatable bonds is 6. The van der Waals surface area contributed by atoms with Crippen LogP contribution in [0.2, 0.25) is 0 Å². The van der Waals surface area contributed by atoms with Gasteiger partial charge >= 0.3 is 12.2 Å². The third-order valence-electron chi connectivity index (χ3n) is 7.03. The van der Waals surface area contributed by atoms with Crippen molar-refractivity contribution < 1.29 is 19.1 Å². The molecule has 2 aliphatic carbocycles. The van der Waals surface area contributed by atoms with E-state index >= 15 is 0 Å². The second kappa shape index (κ2) is 9.98. The van der Waals surface area contributed by atoms with E-state index in [0.29, 0.717) is 19.0 Å². The highest BCUT2D eigenvalue weighted by Gasteiger charge is 2.34. The molecular formula is C26H39N7O4. The zero-order chi connectivity index (χ0) is 26.3. The van der Waals surface area contributed by atoms with E-state index < -0.39 is 5.60 Å². The lowest BCUT2D eigenvalue weighted by molar-refractivity contribution is 0.0293. The Kier molecular flexibility index (Phi) is 6.89. The van der Waals surface area contributed by atoms with E-state index in [0.717, 1.165) is 61.3 Å². The average molecular weight is 514 g/mol. The van der Waals surface area contributed by atoms with Gasteiger partial charge < -0.3 is 29.6 Å². The Morgan fingerprint density at radius 1 is 1.08 bits per heavy atom. The fourth-order valence-corrected chi connectivity index (χ4v) is 5.15. The van der Waals surface area contributed by atoms with Gasteiger partial charge in [0, 0.05) is 37.1 Å². The van der Waals surface area contributed by atoms with Gasteiger partial charge in [-0.05, 0) is 73.1 Å². The van der Waals surface area contributed by atoms with Crippen LogP contribution < -0.4 is 10.6 Å². The molecule has 0 unspecified atom stereocenters. The summed E-state index contributed by atoms with van der Waals surface area (Å²) < 4.78 is 12.9. The van der Waals surface area contributed by atoms with Crippen molar-refractivity contribution in [3.05, 3.63) is 12.2 Å². The average Bonchev–Trinajstić information content (AvgIpc) is 3.16. The first-order valence-corrected chi connectivity index (χ1v) is 13.5. The number of nitrogens with one attached hydrogen (secondary N) is 2. The van der Waals surface area contributed by atoms with Crippen LogP contribution in [0.1, 0.15) is 90.9 Å². The van der Waals surface area contributed by atoms with Gasteiger partial charge in [-0.15, -0.1) is 0 Å². The number of alkyl carbamates (subject to hydrolysis) is 1. The number of aromatic nitrogens is 4. The summed E-state index contributed by atoms with van der Waals surface area (Å²) in [7, 11) is 0. The normalized spacial score (nSPS) is 24.1. The zero-order valence-corrected chi connectivity index (χ0v) is 22.5. The summed E-state index contributed by atoms with van der Waals surface area (Å²) >= 11 is 0. The molecule has 3 fully saturated rings. The predicted molar refractivity (Wildman–Crippen MR) is 139 cm³/mol. The summed E-state index contributed by atoms with van der Waals surface area (Å²) in [5.41, 5.74) is 1.06. The second-order valence-corrected chi connectivity index (χ2v) is 11.8. The smallest absolute Gasteiger partial charge is 0.410 e. The minimum Gasteiger partial charge on any atom is -0.447 e. The molecule has 1 saturated heterocycles. The first-order valence-electron chi connectivity index (χ1n) is 13.5. The molecule has 0 bridgehead atoms. The van der Waals surface area contributed by atoms with Gasteiger partial charge in [0.15, 0.2) is 11.5 Å². The molecule has 3 heterocycles. The summed E-state index contributed by atoms with van der Waals surface area (Å²) in [4.78, 5) is 40.9. The first-order chi connectivity index (χ1) is 17.6. The van der Waals surface area contributed by atoms with Crippen molar-refractivity contribution >= 4 is 29.2 Å². The molecule has 11 nitrogen and oxygen atoms in total. The fraction of sp³-hybridized carbons (Fsp3) is 0.731. The highest BCUT2D eigenvalue weighted by atomic mass is 16.6. The highest BCUT2D eigenvalue weighted by Crippen LogP contribution is 2.40. The van der Waals surface area contributed by atoms with E-state index in [2.05, 4.69) is 15.2 Å². The third kappa shape index (κ3) is 6.07. The molecule has 2 aromatic heterocycles. The van der Waals surface area contributed by atoms with Gasteiger partial charge in [-0.1, -0.05) is 0 Å². The van der Waals surface area contributed by atoms with Gasteiger partial charge in [0.05, 0.1) is 12.4 Å². The molecule has 2 N–H and O–H groups in total. The van der Waals surface area contributed by atoms with Gasteiger partial charge in [-0.3, -0.25) is 0 Å². The zero-order valence-electron chi connectivity index (χ0n) is 22.5. The second-order valence-electron chi connectivity index (χ2n) is 11.8. The minimum absolute atomic E-state index is 0.0633. The van der Waals surface area contributed by atoms with Crippen molar-refractivity contribution in [3.63, 3.8) is 0 Å². The molecule has 1 aliphatic heterocycles. The Balaban J connectivity index is 1.31. The van der Waals surface area contributed by atoms with Crippen molar-refractivity contribution in [2.75, 3.05) is 18.4 Å². The quantitative estimate of drug-likeness (QED) is 0.584. The van der Waals surface area contributed by atoms with Crippen molar-refractivity contribution in [2.24, 2.45) is 0 Å². The van der Waals surface area contributed by atoms with Crippen LogP contribution in [0.3, 0.4) is 0 Å². The monoisotopic (exact) mass is 513 g/mol. The molecular weight excluding hydrogens is 474 g/mol. The maximum absolute atomic E-state index is 12.5. The number of imidazole rings is 1. The Hall–Kier alpha value is -3.11. The Morgan fingerprint density at radius 2 is 1.86 bits per heavy atom. The van der Waals surface area contributed by atoms with Gasteiger partial charge in [-0.2, -0.15) is 0 Å². The summed E-state index contributed by atoms with van der Waals surface area (Å²) in [6, 6.07) is 0.321. The number of hydrogen-bond acceptors (Lipinski definition) is 8. The van der Waals surface area contributed by atoms with Crippen LogP contribution in [-0.4, -0.2) is 73.5 Å². The molecule has 2 aromatic rings. The Labute approximate surface area is 217 Å². The number of nitrogens with zero attached hydrogens (tertiary/aromatic N) is 5. The minimum atomic E-state index is -0.517. The summed E-state index contributed by atoms with van der Waals surface area (Å²) in [6.07, 6.45) is 6.68. The Bertz CT molecular complexity index is 1150. The van der Waals surface area contributed by atoms with Crippen molar-refractivity contribution in [1.29, 1.82) is 0 Å². The van der Waals surface area contributed by atoms with E-state index in [9.17, 15) is 9.59 Å². The van der Waals surface area contributed by atoms with Crippen LogP contribution in [0, 0.1) is 0 Å². The molecule has 0 radical (unpaired) electrons. The molecule has 5 rings (SSSR count). The van der Waals surface area contributed by atoms with E-state index in [-0.39, 0.29) is 36.4 Å². The third-order valence-corrected chi connectivity index (χ3v) is 7.03. The highest BCUT2D eigenvalue weighted by molar-refractivity contribution is 5.83. The number of amides is 2. The Morgan fingerprint density at radius 3 is 2.57 bits per heavy atom. The van der Waals surface area contributed by atoms with Crippen LogP contribution in [-0.2, 0) is 9.47 Å². The van der Waals surface area contributed by atoms with Crippen LogP contribution in [0.25, 0.3) is 11.2 Å². The topological polar surface area (TPSA) is 123 Å². The lowest BCUT2D eigenvalue weighted by Gasteiger charge is -2.24. The van der Waals surface area contributed by atoms with Crippen molar-refractivity contribution in [1.82, 2.24) is 29.7 Å². The molecule has 37 heavy (non-hydrogen) atoms. The molecule has 2 amide bonds. The molecule has 0 aromatic carbocycles. The number of ether oxygens (including phenoxy) is 2. The molecule has 202 valence electrons. The lowest BCUT2D eigenvalue weighted by atomic mass is 10.2. The first kappa shape index (κ1) is 25.5. The number of fused-ring (bicyclic) bond motifs is 1. The van der Waals surface area contributed by atoms with Crippen molar-refractivity contribution in [3.8, 4) is 0 Å². The van der Waals surface area contributed by atoms with Crippen molar-refractivity contribution in [2.45, 2.75) is 109 Å².